The molecule has 2 aromatic rings. The molecule has 2 N–H and O–H groups in total. The highest BCUT2D eigenvalue weighted by molar-refractivity contribution is 5.79. The second kappa shape index (κ2) is 5.57. The molecule has 0 radical (unpaired) electrons. The Morgan fingerprint density at radius 3 is 2.62 bits per heavy atom. The molecule has 8 heteroatoms. The largest absolute Gasteiger partial charge is 0.431 e. The predicted octanol–water partition coefficient (Wildman–Crippen LogP) is 3.12. The van der Waals surface area contributed by atoms with E-state index in [0.29, 0.717) is 10.9 Å². The molecule has 1 aromatic carbocycles. The minimum Gasteiger partial charge on any atom is -0.376 e. The van der Waals surface area contributed by atoms with Crippen molar-refractivity contribution in [2.45, 2.75) is 25.1 Å². The van der Waals surface area contributed by atoms with Crippen LogP contribution in [0.4, 0.5) is 13.2 Å². The lowest BCUT2D eigenvalue weighted by molar-refractivity contribution is -0.100. The molecule has 1 aromatic heterocycles. The van der Waals surface area contributed by atoms with Crippen LogP contribution in [0.15, 0.2) is 35.7 Å². The Morgan fingerprint density at radius 2 is 2.00 bits per heavy atom. The van der Waals surface area contributed by atoms with Crippen LogP contribution in [0.2, 0.25) is 0 Å². The van der Waals surface area contributed by atoms with Crippen molar-refractivity contribution in [1.29, 1.82) is 10.5 Å². The van der Waals surface area contributed by atoms with E-state index in [1.807, 2.05) is 6.07 Å². The molecule has 0 spiro atoms. The summed E-state index contributed by atoms with van der Waals surface area (Å²) in [6, 6.07) is 7.93. The zero-order valence-corrected chi connectivity index (χ0v) is 12.5. The lowest BCUT2D eigenvalue weighted by Crippen LogP contribution is -2.45. The number of rotatable bonds is 1. The van der Waals surface area contributed by atoms with Gasteiger partial charge in [-0.1, -0.05) is 6.07 Å². The van der Waals surface area contributed by atoms with Gasteiger partial charge in [0.15, 0.2) is 0 Å². The van der Waals surface area contributed by atoms with Crippen molar-refractivity contribution in [2.75, 3.05) is 0 Å². The Labute approximate surface area is 135 Å². The molecule has 0 fully saturated rings. The molecule has 0 bridgehead atoms. The highest BCUT2D eigenvalue weighted by Gasteiger charge is 2.46. The maximum atomic E-state index is 13.3. The number of fused-ring (bicyclic) bond motifs is 1. The third-order valence-corrected chi connectivity index (χ3v) is 4.23. The average molecular weight is 331 g/mol. The third kappa shape index (κ3) is 2.46. The van der Waals surface area contributed by atoms with Crippen LogP contribution in [0.5, 0.6) is 0 Å². The molecule has 3 atom stereocenters. The van der Waals surface area contributed by atoms with Gasteiger partial charge in [0.2, 0.25) is 0 Å². The molecule has 1 aliphatic rings. The molecule has 0 saturated heterocycles. The monoisotopic (exact) mass is 331 g/mol. The SMILES string of the molecule is CC1NC(C(F)(F)F)=C(C#N)C(c2ccc3[nH]ncc3c2)C1C#N. The fourth-order valence-corrected chi connectivity index (χ4v) is 3.09. The summed E-state index contributed by atoms with van der Waals surface area (Å²) < 4.78 is 39.9. The first kappa shape index (κ1) is 15.9. The summed E-state index contributed by atoms with van der Waals surface area (Å²) in [5.41, 5.74) is -0.314. The van der Waals surface area contributed by atoms with Gasteiger partial charge in [0.1, 0.15) is 5.70 Å². The van der Waals surface area contributed by atoms with Gasteiger partial charge >= 0.3 is 6.18 Å². The van der Waals surface area contributed by atoms with Crippen molar-refractivity contribution in [2.24, 2.45) is 5.92 Å². The number of aromatic nitrogens is 2. The number of nitrogens with one attached hydrogen (secondary N) is 2. The van der Waals surface area contributed by atoms with Crippen LogP contribution in [0.25, 0.3) is 10.9 Å². The molecule has 5 nitrogen and oxygen atoms in total. The summed E-state index contributed by atoms with van der Waals surface area (Å²) >= 11 is 0. The summed E-state index contributed by atoms with van der Waals surface area (Å²) in [6.45, 7) is 1.51. The van der Waals surface area contributed by atoms with E-state index in [1.165, 1.54) is 6.92 Å². The number of nitriles is 2. The van der Waals surface area contributed by atoms with Crippen LogP contribution in [0, 0.1) is 28.6 Å². The minimum absolute atomic E-state index is 0.463. The van der Waals surface area contributed by atoms with E-state index in [-0.39, 0.29) is 0 Å². The lowest BCUT2D eigenvalue weighted by Gasteiger charge is -2.35. The first-order chi connectivity index (χ1) is 11.4. The van der Waals surface area contributed by atoms with Crippen molar-refractivity contribution in [3.63, 3.8) is 0 Å². The number of hydrogen-bond acceptors (Lipinski definition) is 4. The quantitative estimate of drug-likeness (QED) is 0.840. The van der Waals surface area contributed by atoms with Crippen molar-refractivity contribution in [3.8, 4) is 12.1 Å². The van der Waals surface area contributed by atoms with Crippen LogP contribution in [0.3, 0.4) is 0 Å². The van der Waals surface area contributed by atoms with Gasteiger partial charge < -0.3 is 5.32 Å². The number of hydrogen-bond donors (Lipinski definition) is 2. The van der Waals surface area contributed by atoms with Crippen LogP contribution in [-0.2, 0) is 0 Å². The number of benzene rings is 1. The molecule has 0 aliphatic carbocycles. The number of H-pyrrole nitrogens is 1. The number of alkyl halides is 3. The molecule has 1 aliphatic heterocycles. The number of allylic oxidation sites excluding steroid dienone is 2. The normalized spacial score (nSPS) is 24.3. The van der Waals surface area contributed by atoms with Crippen LogP contribution < -0.4 is 5.32 Å². The Balaban J connectivity index is 2.23. The van der Waals surface area contributed by atoms with Gasteiger partial charge in [-0.2, -0.15) is 28.8 Å². The van der Waals surface area contributed by atoms with E-state index >= 15 is 0 Å². The van der Waals surface area contributed by atoms with Gasteiger partial charge in [-0.25, -0.2) is 0 Å². The zero-order valence-electron chi connectivity index (χ0n) is 12.5. The van der Waals surface area contributed by atoms with E-state index in [0.717, 1.165) is 5.52 Å². The lowest BCUT2D eigenvalue weighted by atomic mass is 9.74. The number of aromatic amines is 1. The fourth-order valence-electron chi connectivity index (χ4n) is 3.09. The van der Waals surface area contributed by atoms with Crippen molar-refractivity contribution in [1.82, 2.24) is 15.5 Å². The summed E-state index contributed by atoms with van der Waals surface area (Å²) in [5, 5.41) is 28.4. The second-order valence-electron chi connectivity index (χ2n) is 5.68. The average Bonchev–Trinajstić information content (AvgIpc) is 3.00. The fraction of sp³-hybridized carbons (Fsp3) is 0.312. The molecular formula is C16H12F3N5. The minimum atomic E-state index is -4.68. The van der Waals surface area contributed by atoms with E-state index in [4.69, 9.17) is 0 Å². The topological polar surface area (TPSA) is 88.3 Å². The summed E-state index contributed by atoms with van der Waals surface area (Å²) in [5.74, 6) is -1.75. The van der Waals surface area contributed by atoms with Crippen LogP contribution in [0.1, 0.15) is 18.4 Å². The summed E-state index contributed by atoms with van der Waals surface area (Å²) in [6.07, 6.45) is -3.14. The van der Waals surface area contributed by atoms with Crippen molar-refractivity contribution < 1.29 is 13.2 Å². The van der Waals surface area contributed by atoms with Crippen molar-refractivity contribution in [3.05, 3.63) is 41.2 Å². The first-order valence-corrected chi connectivity index (χ1v) is 7.17. The van der Waals surface area contributed by atoms with Gasteiger partial charge in [0.25, 0.3) is 0 Å². The van der Waals surface area contributed by atoms with E-state index in [2.05, 4.69) is 15.5 Å². The second-order valence-corrected chi connectivity index (χ2v) is 5.68. The number of nitrogens with zero attached hydrogens (tertiary/aromatic N) is 3. The molecular weight excluding hydrogens is 319 g/mol. The van der Waals surface area contributed by atoms with Crippen LogP contribution in [-0.4, -0.2) is 22.4 Å². The third-order valence-electron chi connectivity index (χ3n) is 4.23. The highest BCUT2D eigenvalue weighted by atomic mass is 19.4. The summed E-state index contributed by atoms with van der Waals surface area (Å²) in [7, 11) is 0. The molecule has 3 rings (SSSR count). The predicted molar refractivity (Wildman–Crippen MR) is 79.2 cm³/mol. The Hall–Kier alpha value is -3.00. The molecule has 24 heavy (non-hydrogen) atoms. The van der Waals surface area contributed by atoms with Gasteiger partial charge in [-0.05, 0) is 24.6 Å². The summed E-state index contributed by atoms with van der Waals surface area (Å²) in [4.78, 5) is 0. The van der Waals surface area contributed by atoms with Gasteiger partial charge in [0.05, 0.1) is 35.3 Å². The van der Waals surface area contributed by atoms with E-state index in [9.17, 15) is 23.7 Å². The van der Waals surface area contributed by atoms with E-state index < -0.39 is 35.3 Å². The van der Waals surface area contributed by atoms with Crippen LogP contribution >= 0.6 is 0 Å². The first-order valence-electron chi connectivity index (χ1n) is 7.17. The molecule has 3 unspecified atom stereocenters. The zero-order chi connectivity index (χ0) is 17.5. The van der Waals surface area contributed by atoms with E-state index in [1.54, 1.807) is 30.5 Å². The molecule has 0 saturated carbocycles. The maximum Gasteiger partial charge on any atom is 0.431 e. The van der Waals surface area contributed by atoms with Gasteiger partial charge in [-0.3, -0.25) is 5.10 Å². The molecule has 0 amide bonds. The number of halogens is 3. The molecule has 122 valence electrons. The Kier molecular flexibility index (Phi) is 3.69. The Morgan fingerprint density at radius 1 is 1.25 bits per heavy atom. The van der Waals surface area contributed by atoms with Gasteiger partial charge in [-0.15, -0.1) is 0 Å². The van der Waals surface area contributed by atoms with Gasteiger partial charge in [0, 0.05) is 17.3 Å². The highest BCUT2D eigenvalue weighted by Crippen LogP contribution is 2.43. The Bertz CT molecular complexity index is 897. The maximum absolute atomic E-state index is 13.3. The molecule has 2 heterocycles. The standard InChI is InChI=1S/C16H12F3N5/c1-8-11(5-20)14(12(6-21)15(23-8)16(17,18)19)9-2-3-13-10(4-9)7-22-24-13/h2-4,7-8,11,14,23H,1H3,(H,22,24). The van der Waals surface area contributed by atoms with Crippen molar-refractivity contribution >= 4 is 10.9 Å². The smallest absolute Gasteiger partial charge is 0.376 e.